The van der Waals surface area contributed by atoms with Crippen molar-refractivity contribution in [3.8, 4) is 0 Å². The number of hydrogen-bond acceptors (Lipinski definition) is 4. The van der Waals surface area contributed by atoms with Crippen molar-refractivity contribution >= 4 is 5.96 Å². The number of likely N-dealkylation sites (N-methyl/N-ethyl adjacent to an activating group) is 1. The first-order valence-electron chi connectivity index (χ1n) is 11.9. The number of benzene rings is 1. The topological polar surface area (TPSA) is 43.3 Å². The van der Waals surface area contributed by atoms with Crippen LogP contribution < -0.4 is 5.32 Å². The molecule has 3 rings (SSSR count). The smallest absolute Gasteiger partial charge is 0.194 e. The molecule has 2 heterocycles. The van der Waals surface area contributed by atoms with Crippen molar-refractivity contribution in [1.82, 2.24) is 20.0 Å². The van der Waals surface area contributed by atoms with Gasteiger partial charge < -0.3 is 19.9 Å². The molecule has 0 radical (unpaired) electrons. The van der Waals surface area contributed by atoms with Crippen LogP contribution in [-0.2, 0) is 17.8 Å². The van der Waals surface area contributed by atoms with Crippen LogP contribution in [0.5, 0.6) is 0 Å². The number of nitrogens with zero attached hydrogens (tertiary/aromatic N) is 4. The highest BCUT2D eigenvalue weighted by Crippen LogP contribution is 2.17. The number of guanidine groups is 1. The van der Waals surface area contributed by atoms with Gasteiger partial charge in [0.25, 0.3) is 0 Å². The van der Waals surface area contributed by atoms with Crippen LogP contribution in [0.25, 0.3) is 0 Å². The van der Waals surface area contributed by atoms with Gasteiger partial charge in [0.1, 0.15) is 0 Å². The number of hydrogen-bond donors (Lipinski definition) is 1. The molecule has 2 saturated heterocycles. The molecule has 168 valence electrons. The molecule has 0 atom stereocenters. The zero-order valence-corrected chi connectivity index (χ0v) is 19.3. The standard InChI is InChI=1S/C24H41N5O/c1-4-25-24(29-13-11-23(12-14-29)30-6-3)26-19-21-9-7-8-10-22(21)20-28-17-15-27(5-2)16-18-28/h7-10,23H,4-6,11-20H2,1-3H3,(H,25,26). The van der Waals surface area contributed by atoms with E-state index in [0.717, 1.165) is 77.8 Å². The number of piperidine rings is 1. The number of piperazine rings is 1. The Morgan fingerprint density at radius 1 is 0.967 bits per heavy atom. The zero-order chi connectivity index (χ0) is 21.2. The Kier molecular flexibility index (Phi) is 9.43. The van der Waals surface area contributed by atoms with Crippen LogP contribution in [-0.4, -0.2) is 85.7 Å². The minimum atomic E-state index is 0.406. The predicted octanol–water partition coefficient (Wildman–Crippen LogP) is 2.79. The molecule has 0 bridgehead atoms. The fourth-order valence-electron chi connectivity index (χ4n) is 4.43. The molecular formula is C24H41N5O. The lowest BCUT2D eigenvalue weighted by Crippen LogP contribution is -2.47. The number of rotatable bonds is 8. The summed E-state index contributed by atoms with van der Waals surface area (Å²) >= 11 is 0. The van der Waals surface area contributed by atoms with Crippen molar-refractivity contribution in [2.75, 3.05) is 59.0 Å². The van der Waals surface area contributed by atoms with E-state index in [2.05, 4.69) is 65.1 Å². The summed E-state index contributed by atoms with van der Waals surface area (Å²) in [6.07, 6.45) is 2.57. The Morgan fingerprint density at radius 3 is 2.27 bits per heavy atom. The molecule has 0 amide bonds. The van der Waals surface area contributed by atoms with Crippen LogP contribution in [0.15, 0.2) is 29.3 Å². The van der Waals surface area contributed by atoms with Gasteiger partial charge in [-0.2, -0.15) is 0 Å². The molecular weight excluding hydrogens is 374 g/mol. The molecule has 2 aliphatic heterocycles. The van der Waals surface area contributed by atoms with E-state index in [4.69, 9.17) is 9.73 Å². The van der Waals surface area contributed by atoms with Gasteiger partial charge >= 0.3 is 0 Å². The van der Waals surface area contributed by atoms with E-state index in [-0.39, 0.29) is 0 Å². The van der Waals surface area contributed by atoms with Crippen LogP contribution in [0.3, 0.4) is 0 Å². The summed E-state index contributed by atoms with van der Waals surface area (Å²) in [6, 6.07) is 8.82. The summed E-state index contributed by atoms with van der Waals surface area (Å²) in [4.78, 5) is 12.5. The maximum absolute atomic E-state index is 5.81. The fraction of sp³-hybridized carbons (Fsp3) is 0.708. The zero-order valence-electron chi connectivity index (χ0n) is 19.3. The Labute approximate surface area is 183 Å². The number of likely N-dealkylation sites (tertiary alicyclic amines) is 1. The van der Waals surface area contributed by atoms with Crippen molar-refractivity contribution in [2.24, 2.45) is 4.99 Å². The Bertz CT molecular complexity index is 649. The maximum atomic E-state index is 5.81. The second-order valence-corrected chi connectivity index (χ2v) is 8.29. The molecule has 0 unspecified atom stereocenters. The molecule has 30 heavy (non-hydrogen) atoms. The Hall–Kier alpha value is -1.63. The lowest BCUT2D eigenvalue weighted by atomic mass is 10.1. The SMILES string of the molecule is CCNC(=NCc1ccccc1CN1CCN(CC)CC1)N1CCC(OCC)CC1. The quantitative estimate of drug-likeness (QED) is 0.522. The Morgan fingerprint density at radius 2 is 1.63 bits per heavy atom. The number of aliphatic imine (C=N–C) groups is 1. The summed E-state index contributed by atoms with van der Waals surface area (Å²) < 4.78 is 5.81. The summed E-state index contributed by atoms with van der Waals surface area (Å²) in [5.74, 6) is 1.04. The van der Waals surface area contributed by atoms with Gasteiger partial charge in [-0.15, -0.1) is 0 Å². The first-order valence-corrected chi connectivity index (χ1v) is 11.9. The van der Waals surface area contributed by atoms with Crippen LogP contribution >= 0.6 is 0 Å². The second-order valence-electron chi connectivity index (χ2n) is 8.29. The average Bonchev–Trinajstić information content (AvgIpc) is 2.79. The highest BCUT2D eigenvalue weighted by molar-refractivity contribution is 5.80. The maximum Gasteiger partial charge on any atom is 0.194 e. The third-order valence-electron chi connectivity index (χ3n) is 6.30. The summed E-state index contributed by atoms with van der Waals surface area (Å²) in [6.45, 7) is 17.8. The largest absolute Gasteiger partial charge is 0.378 e. The Balaban J connectivity index is 1.60. The van der Waals surface area contributed by atoms with Gasteiger partial charge in [0.05, 0.1) is 12.6 Å². The predicted molar refractivity (Wildman–Crippen MR) is 125 cm³/mol. The van der Waals surface area contributed by atoms with Gasteiger partial charge in [0.2, 0.25) is 0 Å². The fourth-order valence-corrected chi connectivity index (χ4v) is 4.43. The van der Waals surface area contributed by atoms with Gasteiger partial charge in [0.15, 0.2) is 5.96 Å². The van der Waals surface area contributed by atoms with Crippen molar-refractivity contribution in [2.45, 2.75) is 52.8 Å². The van der Waals surface area contributed by atoms with E-state index in [1.54, 1.807) is 0 Å². The molecule has 0 aromatic heterocycles. The van der Waals surface area contributed by atoms with Crippen LogP contribution in [0.1, 0.15) is 44.7 Å². The second kappa shape index (κ2) is 12.3. The van der Waals surface area contributed by atoms with Crippen molar-refractivity contribution < 1.29 is 4.74 Å². The molecule has 0 saturated carbocycles. The van der Waals surface area contributed by atoms with Gasteiger partial charge in [-0.25, -0.2) is 4.99 Å². The van der Waals surface area contributed by atoms with Gasteiger partial charge in [-0.1, -0.05) is 31.2 Å². The minimum absolute atomic E-state index is 0.406. The minimum Gasteiger partial charge on any atom is -0.378 e. The van der Waals surface area contributed by atoms with E-state index in [9.17, 15) is 0 Å². The third kappa shape index (κ3) is 6.69. The molecule has 2 aliphatic rings. The number of ether oxygens (including phenoxy) is 1. The highest BCUT2D eigenvalue weighted by Gasteiger charge is 2.22. The van der Waals surface area contributed by atoms with E-state index < -0.39 is 0 Å². The molecule has 6 nitrogen and oxygen atoms in total. The summed E-state index contributed by atoms with van der Waals surface area (Å²) in [5, 5.41) is 3.50. The van der Waals surface area contributed by atoms with Gasteiger partial charge in [-0.3, -0.25) is 4.90 Å². The molecule has 6 heteroatoms. The van der Waals surface area contributed by atoms with Gasteiger partial charge in [0, 0.05) is 59.0 Å². The van der Waals surface area contributed by atoms with Gasteiger partial charge in [-0.05, 0) is 44.4 Å². The van der Waals surface area contributed by atoms with Crippen LogP contribution in [0.2, 0.25) is 0 Å². The molecule has 0 aliphatic carbocycles. The molecule has 1 aromatic carbocycles. The monoisotopic (exact) mass is 415 g/mol. The lowest BCUT2D eigenvalue weighted by molar-refractivity contribution is 0.0263. The molecule has 1 N–H and O–H groups in total. The normalized spacial score (nSPS) is 20.0. The lowest BCUT2D eigenvalue weighted by Gasteiger charge is -2.34. The van der Waals surface area contributed by atoms with Crippen LogP contribution in [0.4, 0.5) is 0 Å². The van der Waals surface area contributed by atoms with Crippen LogP contribution in [0, 0.1) is 0 Å². The highest BCUT2D eigenvalue weighted by atomic mass is 16.5. The summed E-state index contributed by atoms with van der Waals surface area (Å²) in [5.41, 5.74) is 2.76. The van der Waals surface area contributed by atoms with E-state index >= 15 is 0 Å². The first-order chi connectivity index (χ1) is 14.7. The molecule has 2 fully saturated rings. The van der Waals surface area contributed by atoms with Crippen molar-refractivity contribution in [3.05, 3.63) is 35.4 Å². The third-order valence-corrected chi connectivity index (χ3v) is 6.30. The summed E-state index contributed by atoms with van der Waals surface area (Å²) in [7, 11) is 0. The van der Waals surface area contributed by atoms with Crippen molar-refractivity contribution in [3.63, 3.8) is 0 Å². The average molecular weight is 416 g/mol. The van der Waals surface area contributed by atoms with Crippen molar-refractivity contribution in [1.29, 1.82) is 0 Å². The number of nitrogens with one attached hydrogen (secondary N) is 1. The first kappa shape index (κ1) is 23.0. The van der Waals surface area contributed by atoms with E-state index in [1.807, 2.05) is 0 Å². The molecule has 1 aromatic rings. The molecule has 0 spiro atoms. The van der Waals surface area contributed by atoms with E-state index in [0.29, 0.717) is 6.10 Å². The van der Waals surface area contributed by atoms with E-state index in [1.165, 1.54) is 24.2 Å².